The first-order valence-electron chi connectivity index (χ1n) is 6.40. The van der Waals surface area contributed by atoms with Gasteiger partial charge in [-0.05, 0) is 31.2 Å². The van der Waals surface area contributed by atoms with Crippen LogP contribution in [0.2, 0.25) is 0 Å². The Morgan fingerprint density at radius 2 is 1.89 bits per heavy atom. The first-order valence-corrected chi connectivity index (χ1v) is 6.40. The number of rotatable bonds is 5. The molecular weight excluding hydrogens is 233 g/mol. The molecule has 1 heterocycles. The summed E-state index contributed by atoms with van der Waals surface area (Å²) in [5.41, 5.74) is 1.12. The second-order valence-corrected chi connectivity index (χ2v) is 4.68. The van der Waals surface area contributed by atoms with Gasteiger partial charge in [0.25, 0.3) is 0 Å². The highest BCUT2D eigenvalue weighted by molar-refractivity contribution is 5.15. The molecule has 0 amide bonds. The molecule has 0 saturated carbocycles. The molecule has 0 N–H and O–H groups in total. The van der Waals surface area contributed by atoms with Crippen molar-refractivity contribution in [3.05, 3.63) is 35.6 Å². The van der Waals surface area contributed by atoms with Gasteiger partial charge in [-0.15, -0.1) is 0 Å². The Labute approximate surface area is 107 Å². The van der Waals surface area contributed by atoms with Crippen LogP contribution >= 0.6 is 0 Å². The molecule has 18 heavy (non-hydrogen) atoms. The van der Waals surface area contributed by atoms with Crippen LogP contribution in [-0.2, 0) is 16.0 Å². The fraction of sp³-hybridized carbons (Fsp3) is 0.571. The number of hydrogen-bond donors (Lipinski definition) is 0. The molecule has 2 rings (SSSR count). The van der Waals surface area contributed by atoms with Crippen molar-refractivity contribution in [2.24, 2.45) is 0 Å². The highest BCUT2D eigenvalue weighted by Gasteiger charge is 2.14. The standard InChI is InChI=1S/C14H20FNO2/c1-16(8-7-14-17-9-2-10-18-14)11-12-3-5-13(15)6-4-12/h3-6,14H,2,7-11H2,1H3. The SMILES string of the molecule is CN(CCC1OCCCO1)Cc1ccc(F)cc1. The van der Waals surface area contributed by atoms with E-state index in [1.165, 1.54) is 12.1 Å². The van der Waals surface area contributed by atoms with Crippen LogP contribution in [0, 0.1) is 5.82 Å². The van der Waals surface area contributed by atoms with Crippen molar-refractivity contribution >= 4 is 0 Å². The summed E-state index contributed by atoms with van der Waals surface area (Å²) in [6.45, 7) is 3.31. The van der Waals surface area contributed by atoms with E-state index in [9.17, 15) is 4.39 Å². The summed E-state index contributed by atoms with van der Waals surface area (Å²) in [5.74, 6) is -0.189. The van der Waals surface area contributed by atoms with Crippen LogP contribution < -0.4 is 0 Å². The van der Waals surface area contributed by atoms with Crippen molar-refractivity contribution in [2.75, 3.05) is 26.8 Å². The molecule has 0 radical (unpaired) electrons. The summed E-state index contributed by atoms with van der Waals surface area (Å²) >= 11 is 0. The van der Waals surface area contributed by atoms with Gasteiger partial charge in [0.05, 0.1) is 13.2 Å². The summed E-state index contributed by atoms with van der Waals surface area (Å²) in [4.78, 5) is 2.19. The van der Waals surface area contributed by atoms with Crippen molar-refractivity contribution in [3.63, 3.8) is 0 Å². The monoisotopic (exact) mass is 253 g/mol. The molecule has 4 heteroatoms. The average molecular weight is 253 g/mol. The van der Waals surface area contributed by atoms with Crippen LogP contribution in [0.3, 0.4) is 0 Å². The fourth-order valence-electron chi connectivity index (χ4n) is 2.01. The maximum atomic E-state index is 12.8. The van der Waals surface area contributed by atoms with Gasteiger partial charge < -0.3 is 14.4 Å². The maximum absolute atomic E-state index is 12.8. The molecule has 0 aliphatic carbocycles. The second kappa shape index (κ2) is 6.83. The predicted octanol–water partition coefficient (Wildman–Crippen LogP) is 2.41. The Kier molecular flexibility index (Phi) is 5.11. The molecule has 1 aliphatic rings. The first-order chi connectivity index (χ1) is 8.74. The minimum absolute atomic E-state index is 0.0607. The third kappa shape index (κ3) is 4.37. The number of benzene rings is 1. The molecule has 3 nitrogen and oxygen atoms in total. The molecular formula is C14H20FNO2. The van der Waals surface area contributed by atoms with E-state index in [2.05, 4.69) is 4.90 Å². The first kappa shape index (κ1) is 13.5. The maximum Gasteiger partial charge on any atom is 0.158 e. The Hall–Kier alpha value is -0.970. The normalized spacial score (nSPS) is 17.3. The molecule has 100 valence electrons. The molecule has 1 fully saturated rings. The van der Waals surface area contributed by atoms with E-state index in [1.807, 2.05) is 19.2 Å². The van der Waals surface area contributed by atoms with Crippen LogP contribution in [0.25, 0.3) is 0 Å². The van der Waals surface area contributed by atoms with E-state index in [0.29, 0.717) is 0 Å². The van der Waals surface area contributed by atoms with E-state index < -0.39 is 0 Å². The number of halogens is 1. The van der Waals surface area contributed by atoms with Crippen molar-refractivity contribution in [3.8, 4) is 0 Å². The predicted molar refractivity (Wildman–Crippen MR) is 67.7 cm³/mol. The largest absolute Gasteiger partial charge is 0.353 e. The summed E-state index contributed by atoms with van der Waals surface area (Å²) in [6, 6.07) is 6.63. The molecule has 0 bridgehead atoms. The lowest BCUT2D eigenvalue weighted by Gasteiger charge is -2.25. The minimum Gasteiger partial charge on any atom is -0.353 e. The van der Waals surface area contributed by atoms with Crippen molar-refractivity contribution in [1.29, 1.82) is 0 Å². The molecule has 0 atom stereocenters. The van der Waals surface area contributed by atoms with Gasteiger partial charge in [-0.3, -0.25) is 0 Å². The van der Waals surface area contributed by atoms with Crippen molar-refractivity contribution in [2.45, 2.75) is 25.7 Å². The molecule has 0 spiro atoms. The number of hydrogen-bond acceptors (Lipinski definition) is 3. The Morgan fingerprint density at radius 3 is 2.56 bits per heavy atom. The number of ether oxygens (including phenoxy) is 2. The van der Waals surface area contributed by atoms with Gasteiger partial charge in [0.2, 0.25) is 0 Å². The van der Waals surface area contributed by atoms with Gasteiger partial charge in [-0.25, -0.2) is 4.39 Å². The second-order valence-electron chi connectivity index (χ2n) is 4.68. The Morgan fingerprint density at radius 1 is 1.22 bits per heavy atom. The van der Waals surface area contributed by atoms with Crippen LogP contribution in [-0.4, -0.2) is 38.0 Å². The van der Waals surface area contributed by atoms with Crippen molar-refractivity contribution < 1.29 is 13.9 Å². The lowest BCUT2D eigenvalue weighted by atomic mass is 10.2. The van der Waals surface area contributed by atoms with Crippen LogP contribution in [0.5, 0.6) is 0 Å². The van der Waals surface area contributed by atoms with E-state index >= 15 is 0 Å². The Balaban J connectivity index is 1.71. The molecule has 0 aromatic heterocycles. The summed E-state index contributed by atoms with van der Waals surface area (Å²) in [7, 11) is 2.05. The van der Waals surface area contributed by atoms with Gasteiger partial charge in [0.1, 0.15) is 5.82 Å². The Bertz CT molecular complexity index is 349. The van der Waals surface area contributed by atoms with Crippen molar-refractivity contribution in [1.82, 2.24) is 4.90 Å². The van der Waals surface area contributed by atoms with Crippen LogP contribution in [0.1, 0.15) is 18.4 Å². The molecule has 1 aromatic carbocycles. The lowest BCUT2D eigenvalue weighted by Crippen LogP contribution is -2.29. The summed E-state index contributed by atoms with van der Waals surface area (Å²) in [6.07, 6.45) is 1.80. The van der Waals surface area contributed by atoms with E-state index in [0.717, 1.165) is 44.7 Å². The molecule has 0 unspecified atom stereocenters. The van der Waals surface area contributed by atoms with Gasteiger partial charge in [-0.2, -0.15) is 0 Å². The highest BCUT2D eigenvalue weighted by atomic mass is 19.1. The average Bonchev–Trinajstić information content (AvgIpc) is 2.40. The van der Waals surface area contributed by atoms with Gasteiger partial charge in [-0.1, -0.05) is 12.1 Å². The lowest BCUT2D eigenvalue weighted by molar-refractivity contribution is -0.182. The molecule has 1 saturated heterocycles. The zero-order chi connectivity index (χ0) is 12.8. The van der Waals surface area contributed by atoms with E-state index in [1.54, 1.807) is 0 Å². The van der Waals surface area contributed by atoms with Gasteiger partial charge in [0, 0.05) is 19.5 Å². The van der Waals surface area contributed by atoms with Crippen LogP contribution in [0.15, 0.2) is 24.3 Å². The molecule has 1 aromatic rings. The topological polar surface area (TPSA) is 21.7 Å². The summed E-state index contributed by atoms with van der Waals surface area (Å²) < 4.78 is 23.8. The minimum atomic E-state index is -0.189. The fourth-order valence-corrected chi connectivity index (χ4v) is 2.01. The van der Waals surface area contributed by atoms with Gasteiger partial charge in [0.15, 0.2) is 6.29 Å². The molecule has 1 aliphatic heterocycles. The zero-order valence-electron chi connectivity index (χ0n) is 10.8. The quantitative estimate of drug-likeness (QED) is 0.804. The zero-order valence-corrected chi connectivity index (χ0v) is 10.8. The third-order valence-corrected chi connectivity index (χ3v) is 3.01. The summed E-state index contributed by atoms with van der Waals surface area (Å²) in [5, 5.41) is 0. The smallest absolute Gasteiger partial charge is 0.158 e. The van der Waals surface area contributed by atoms with Crippen LogP contribution in [0.4, 0.5) is 4.39 Å². The third-order valence-electron chi connectivity index (χ3n) is 3.01. The van der Waals surface area contributed by atoms with Gasteiger partial charge >= 0.3 is 0 Å². The highest BCUT2D eigenvalue weighted by Crippen LogP contribution is 2.10. The van der Waals surface area contributed by atoms with E-state index in [-0.39, 0.29) is 12.1 Å². The number of nitrogens with zero attached hydrogens (tertiary/aromatic N) is 1. The van der Waals surface area contributed by atoms with E-state index in [4.69, 9.17) is 9.47 Å².